The number of hydrogen-bond donors (Lipinski definition) is 0. The largest absolute Gasteiger partial charge is 0.341 e. The number of amides is 2. The first kappa shape index (κ1) is 21.8. The Hall–Kier alpha value is 0.1000. The maximum absolute atomic E-state index is 13.0. The molecule has 8 heteroatoms. The fourth-order valence-electron chi connectivity index (χ4n) is 4.50. The van der Waals surface area contributed by atoms with Crippen LogP contribution >= 0.6 is 46.4 Å². The molecule has 6 unspecified atom stereocenters. The molecule has 0 aromatic rings. The van der Waals surface area contributed by atoms with Gasteiger partial charge in [-0.3, -0.25) is 9.59 Å². The van der Waals surface area contributed by atoms with E-state index in [9.17, 15) is 9.59 Å². The highest BCUT2D eigenvalue weighted by Gasteiger charge is 2.39. The van der Waals surface area contributed by atoms with Gasteiger partial charge in [0.1, 0.15) is 0 Å². The molecule has 6 atom stereocenters. The number of hydrogen-bond acceptors (Lipinski definition) is 2. The van der Waals surface area contributed by atoms with E-state index in [2.05, 4.69) is 0 Å². The minimum Gasteiger partial charge on any atom is -0.341 e. The summed E-state index contributed by atoms with van der Waals surface area (Å²) in [5, 5.41) is -0.245. The Kier molecular flexibility index (Phi) is 7.86. The number of rotatable bonds is 2. The molecule has 1 heterocycles. The van der Waals surface area contributed by atoms with E-state index < -0.39 is 0 Å². The summed E-state index contributed by atoms with van der Waals surface area (Å²) < 4.78 is 0. The van der Waals surface area contributed by atoms with E-state index in [1.807, 2.05) is 9.80 Å². The lowest BCUT2D eigenvalue weighted by atomic mass is 9.87. The van der Waals surface area contributed by atoms with E-state index in [1.54, 1.807) is 0 Å². The minimum atomic E-state index is -0.215. The molecule has 0 bridgehead atoms. The van der Waals surface area contributed by atoms with Crippen molar-refractivity contribution >= 4 is 58.2 Å². The van der Waals surface area contributed by atoms with Crippen LogP contribution in [0, 0.1) is 11.8 Å². The molecule has 3 aliphatic rings. The van der Waals surface area contributed by atoms with Crippen molar-refractivity contribution in [2.24, 2.45) is 11.8 Å². The lowest BCUT2D eigenvalue weighted by Crippen LogP contribution is -2.46. The zero-order valence-corrected chi connectivity index (χ0v) is 18.5. The van der Waals surface area contributed by atoms with Gasteiger partial charge in [0.15, 0.2) is 0 Å². The summed E-state index contributed by atoms with van der Waals surface area (Å²) in [4.78, 5) is 29.7. The fourth-order valence-corrected chi connectivity index (χ4v) is 5.81. The first-order chi connectivity index (χ1) is 12.9. The van der Waals surface area contributed by atoms with Crippen LogP contribution in [0.3, 0.4) is 0 Å². The van der Waals surface area contributed by atoms with Crippen LogP contribution in [-0.2, 0) is 9.59 Å². The van der Waals surface area contributed by atoms with Crippen LogP contribution in [0.25, 0.3) is 0 Å². The van der Waals surface area contributed by atoms with E-state index in [4.69, 9.17) is 46.4 Å². The first-order valence-corrected chi connectivity index (χ1v) is 11.7. The molecule has 1 saturated heterocycles. The molecular weight excluding hydrogens is 430 g/mol. The van der Waals surface area contributed by atoms with Gasteiger partial charge in [-0.25, -0.2) is 0 Å². The zero-order chi connectivity index (χ0) is 19.6. The summed E-state index contributed by atoms with van der Waals surface area (Å²) in [6, 6.07) is 0. The standard InChI is InChI=1S/C19H28Cl4N2O2/c20-12-2-4-16(22)14(10-12)18(26)24-6-1-7-25(9-8-24)19(27)15-11-13(21)3-5-17(15)23/h12-17H,1-11H2. The number of carbonyl (C=O) groups excluding carboxylic acids is 2. The van der Waals surface area contributed by atoms with Crippen LogP contribution in [0.2, 0.25) is 0 Å². The van der Waals surface area contributed by atoms with Crippen molar-refractivity contribution in [1.29, 1.82) is 0 Å². The minimum absolute atomic E-state index is 0.0226. The van der Waals surface area contributed by atoms with E-state index in [1.165, 1.54) is 0 Å². The summed E-state index contributed by atoms with van der Waals surface area (Å²) in [7, 11) is 0. The molecule has 4 nitrogen and oxygen atoms in total. The summed E-state index contributed by atoms with van der Waals surface area (Å²) >= 11 is 25.4. The van der Waals surface area contributed by atoms with Crippen LogP contribution in [0.4, 0.5) is 0 Å². The molecule has 154 valence electrons. The Morgan fingerprint density at radius 3 is 1.44 bits per heavy atom. The third-order valence-corrected chi connectivity index (χ3v) is 8.00. The van der Waals surface area contributed by atoms with Crippen molar-refractivity contribution in [3.05, 3.63) is 0 Å². The van der Waals surface area contributed by atoms with E-state index in [0.717, 1.165) is 32.1 Å². The zero-order valence-electron chi connectivity index (χ0n) is 15.5. The highest BCUT2D eigenvalue weighted by atomic mass is 35.5. The normalized spacial score (nSPS) is 38.4. The SMILES string of the molecule is O=C(C1CC(Cl)CCC1Cl)N1CCCN(C(=O)C2CC(Cl)CCC2Cl)CC1. The molecule has 0 N–H and O–H groups in total. The Morgan fingerprint density at radius 1 is 0.630 bits per heavy atom. The number of halogens is 4. The van der Waals surface area contributed by atoms with Crippen LogP contribution < -0.4 is 0 Å². The second kappa shape index (κ2) is 9.73. The molecule has 2 saturated carbocycles. The summed E-state index contributed by atoms with van der Waals surface area (Å²) in [5.74, 6) is -0.257. The molecule has 0 radical (unpaired) electrons. The first-order valence-electron chi connectivity index (χ1n) is 10.0. The topological polar surface area (TPSA) is 40.6 Å². The van der Waals surface area contributed by atoms with Crippen molar-refractivity contribution < 1.29 is 9.59 Å². The van der Waals surface area contributed by atoms with Gasteiger partial charge >= 0.3 is 0 Å². The Bertz CT molecular complexity index is 504. The highest BCUT2D eigenvalue weighted by molar-refractivity contribution is 6.24. The van der Waals surface area contributed by atoms with Crippen LogP contribution in [0.1, 0.15) is 44.9 Å². The van der Waals surface area contributed by atoms with E-state index >= 15 is 0 Å². The molecular formula is C19H28Cl4N2O2. The van der Waals surface area contributed by atoms with Gasteiger partial charge in [0.25, 0.3) is 0 Å². The van der Waals surface area contributed by atoms with Crippen molar-refractivity contribution in [2.45, 2.75) is 66.5 Å². The molecule has 2 amide bonds. The predicted molar refractivity (Wildman–Crippen MR) is 111 cm³/mol. The van der Waals surface area contributed by atoms with Crippen LogP contribution in [0.5, 0.6) is 0 Å². The van der Waals surface area contributed by atoms with Gasteiger partial charge in [-0.2, -0.15) is 0 Å². The molecule has 0 aromatic carbocycles. The van der Waals surface area contributed by atoms with Gasteiger partial charge in [0.2, 0.25) is 11.8 Å². The van der Waals surface area contributed by atoms with Crippen molar-refractivity contribution in [1.82, 2.24) is 9.80 Å². The van der Waals surface area contributed by atoms with Gasteiger partial charge in [-0.05, 0) is 44.9 Å². The van der Waals surface area contributed by atoms with Gasteiger partial charge in [0, 0.05) is 47.7 Å². The lowest BCUT2D eigenvalue weighted by Gasteiger charge is -2.34. The van der Waals surface area contributed by atoms with Crippen molar-refractivity contribution in [2.75, 3.05) is 26.2 Å². The van der Waals surface area contributed by atoms with E-state index in [0.29, 0.717) is 39.0 Å². The second-order valence-corrected chi connectivity index (χ2v) is 10.4. The van der Waals surface area contributed by atoms with Gasteiger partial charge in [0.05, 0.1) is 11.8 Å². The quantitative estimate of drug-likeness (QED) is 0.586. The number of carbonyl (C=O) groups is 2. The molecule has 0 aromatic heterocycles. The predicted octanol–water partition coefficient (Wildman–Crippen LogP) is 4.08. The average molecular weight is 458 g/mol. The van der Waals surface area contributed by atoms with E-state index in [-0.39, 0.29) is 45.2 Å². The fraction of sp³-hybridized carbons (Fsp3) is 0.895. The Balaban J connectivity index is 1.58. The number of alkyl halides is 4. The third kappa shape index (κ3) is 5.38. The lowest BCUT2D eigenvalue weighted by molar-refractivity contribution is -0.138. The highest BCUT2D eigenvalue weighted by Crippen LogP contribution is 2.35. The summed E-state index contributed by atoms with van der Waals surface area (Å²) in [6.07, 6.45) is 5.34. The monoisotopic (exact) mass is 456 g/mol. The Morgan fingerprint density at radius 2 is 1.04 bits per heavy atom. The molecule has 0 spiro atoms. The number of nitrogens with zero attached hydrogens (tertiary/aromatic N) is 2. The molecule has 3 fully saturated rings. The maximum Gasteiger partial charge on any atom is 0.227 e. The maximum atomic E-state index is 13.0. The van der Waals surface area contributed by atoms with Gasteiger partial charge in [-0.15, -0.1) is 46.4 Å². The van der Waals surface area contributed by atoms with Gasteiger partial charge in [-0.1, -0.05) is 0 Å². The second-order valence-electron chi connectivity index (χ2n) is 8.07. The molecule has 3 rings (SSSR count). The Labute approximate surface area is 181 Å². The molecule has 2 aliphatic carbocycles. The molecule has 27 heavy (non-hydrogen) atoms. The molecule has 1 aliphatic heterocycles. The van der Waals surface area contributed by atoms with Crippen molar-refractivity contribution in [3.63, 3.8) is 0 Å². The van der Waals surface area contributed by atoms with Crippen molar-refractivity contribution in [3.8, 4) is 0 Å². The van der Waals surface area contributed by atoms with Crippen LogP contribution in [0.15, 0.2) is 0 Å². The van der Waals surface area contributed by atoms with Crippen LogP contribution in [-0.4, -0.2) is 69.3 Å². The summed E-state index contributed by atoms with van der Waals surface area (Å²) in [6.45, 7) is 2.40. The smallest absolute Gasteiger partial charge is 0.227 e. The summed E-state index contributed by atoms with van der Waals surface area (Å²) in [5.41, 5.74) is 0. The van der Waals surface area contributed by atoms with Gasteiger partial charge < -0.3 is 9.80 Å². The third-order valence-electron chi connectivity index (χ3n) is 6.16. The average Bonchev–Trinajstić information content (AvgIpc) is 2.91.